The number of thioether (sulfide) groups is 1. The van der Waals surface area contributed by atoms with E-state index in [4.69, 9.17) is 18.9 Å². The van der Waals surface area contributed by atoms with Gasteiger partial charge in [0.05, 0.1) is 51.0 Å². The van der Waals surface area contributed by atoms with Gasteiger partial charge in [-0.1, -0.05) is 60.1 Å². The zero-order valence-corrected chi connectivity index (χ0v) is 40.5. The summed E-state index contributed by atoms with van der Waals surface area (Å²) in [5, 5.41) is 16.9. The Bertz CT molecular complexity index is 1540. The molecule has 4 aliphatic carbocycles. The molecule has 3 N–H and O–H groups in total. The number of ether oxygens (including phenoxy) is 4. The third-order valence-corrected chi connectivity index (χ3v) is 18.3. The molecule has 11 nitrogen and oxygen atoms in total. The number of carbonyl (C=O) groups excluding carboxylic acids is 4. The minimum atomic E-state index is -0.253. The van der Waals surface area contributed by atoms with Gasteiger partial charge in [-0.05, 0) is 130 Å². The number of hydrogen-bond donors (Lipinski definition) is 3. The van der Waals surface area contributed by atoms with Crippen molar-refractivity contribution in [3.05, 3.63) is 11.6 Å². The SMILES string of the molecule is C.CC(CC[C@H](O)C(C)C)[C@H]1CCC2C3CC=C4C[C@@H](OC(=O)CCC(=O)CCCOCCOCCOCCCC(=O)CCCC[C@@H]5SC[C@@H]6NC(=O)N[C@@H]65)CC[C@]4(C)C3CC[C@@]21C. The molecule has 12 heteroatoms. The number of aliphatic hydroxyl groups is 1. The normalized spacial score (nSPS) is 32.5. The van der Waals surface area contributed by atoms with Gasteiger partial charge in [-0.2, -0.15) is 11.8 Å². The summed E-state index contributed by atoms with van der Waals surface area (Å²) in [6.07, 6.45) is 19.7. The second kappa shape index (κ2) is 25.4. The van der Waals surface area contributed by atoms with Crippen LogP contribution in [0, 0.1) is 46.3 Å². The van der Waals surface area contributed by atoms with Gasteiger partial charge in [-0.25, -0.2) is 4.79 Å². The van der Waals surface area contributed by atoms with Gasteiger partial charge in [0, 0.05) is 56.3 Å². The van der Waals surface area contributed by atoms with E-state index in [2.05, 4.69) is 51.3 Å². The number of nitrogens with one attached hydrogen (secondary N) is 2. The van der Waals surface area contributed by atoms with Gasteiger partial charge >= 0.3 is 12.0 Å². The lowest BCUT2D eigenvalue weighted by Crippen LogP contribution is -2.51. The number of rotatable bonds is 28. The third kappa shape index (κ3) is 14.0. The Balaban J connectivity index is 0.00000771. The molecule has 0 aromatic rings. The maximum Gasteiger partial charge on any atom is 0.315 e. The molecule has 3 saturated carbocycles. The number of carbonyl (C=O) groups is 4. The van der Waals surface area contributed by atoms with E-state index in [9.17, 15) is 24.3 Å². The lowest BCUT2D eigenvalue weighted by Gasteiger charge is -2.58. The van der Waals surface area contributed by atoms with E-state index in [1.165, 1.54) is 31.3 Å². The Hall–Kier alpha value is -1.99. The molecular weight excluding hydrogens is 829 g/mol. The van der Waals surface area contributed by atoms with Crippen LogP contribution in [0.3, 0.4) is 0 Å². The number of aliphatic hydroxyl groups excluding tert-OH is 1. The summed E-state index contributed by atoms with van der Waals surface area (Å²) in [7, 11) is 0. The van der Waals surface area contributed by atoms with Crippen molar-refractivity contribution in [2.24, 2.45) is 46.3 Å². The van der Waals surface area contributed by atoms with Gasteiger partial charge in [0.1, 0.15) is 17.7 Å². The van der Waals surface area contributed by atoms with Crippen molar-refractivity contribution in [2.45, 2.75) is 200 Å². The third-order valence-electron chi connectivity index (χ3n) is 16.8. The van der Waals surface area contributed by atoms with Crippen LogP contribution < -0.4 is 10.6 Å². The standard InChI is InChI=1S/C51H84N2O9S.CH4/c1-34(2)45(56)20-14-35(3)41-18-19-42-40-17-15-36-32-39(22-24-50(36,4)43(40)23-25-51(41,42)5)62-47(57)21-16-38(55)12-9-27-60-29-31-61-30-28-59-26-8-11-37(54)10-6-7-13-46-48-44(33-63-46)52-49(58)53-48;/h15,34-35,39-46,48,56H,6-14,16-33H2,1-5H3,(H2,52,53,58);1H4/t35?,39-,40?,41+,42?,43?,44-,45-,46-,48-,50-,51+;/m0./s1. The highest BCUT2D eigenvalue weighted by molar-refractivity contribution is 8.00. The lowest BCUT2D eigenvalue weighted by molar-refractivity contribution is -0.152. The highest BCUT2D eigenvalue weighted by Crippen LogP contribution is 2.67. The molecule has 2 amide bonds. The number of urea groups is 1. The van der Waals surface area contributed by atoms with Gasteiger partial charge in [-0.3, -0.25) is 14.4 Å². The molecule has 2 aliphatic heterocycles. The Morgan fingerprint density at radius 3 is 2.17 bits per heavy atom. The fourth-order valence-corrected chi connectivity index (χ4v) is 14.5. The number of esters is 1. The van der Waals surface area contributed by atoms with Crippen LogP contribution in [0.2, 0.25) is 0 Å². The molecule has 6 rings (SSSR count). The number of fused-ring (bicyclic) bond motifs is 6. The summed E-state index contributed by atoms with van der Waals surface area (Å²) in [4.78, 5) is 49.2. The maximum atomic E-state index is 12.9. The van der Waals surface area contributed by atoms with Gasteiger partial charge in [0.15, 0.2) is 0 Å². The van der Waals surface area contributed by atoms with Crippen LogP contribution in [0.5, 0.6) is 0 Å². The first-order valence-electron chi connectivity index (χ1n) is 25.3. The van der Waals surface area contributed by atoms with Gasteiger partial charge in [-0.15, -0.1) is 0 Å². The lowest BCUT2D eigenvalue weighted by atomic mass is 9.47. The molecule has 0 bridgehead atoms. The van der Waals surface area contributed by atoms with E-state index >= 15 is 0 Å². The summed E-state index contributed by atoms with van der Waals surface area (Å²) in [6.45, 7) is 14.7. The molecule has 0 aromatic heterocycles. The minimum Gasteiger partial charge on any atom is -0.462 e. The van der Waals surface area contributed by atoms with Crippen molar-refractivity contribution in [3.8, 4) is 0 Å². The number of unbranched alkanes of at least 4 members (excludes halogenated alkanes) is 1. The van der Waals surface area contributed by atoms with E-state index in [0.717, 1.165) is 87.7 Å². The molecule has 64 heavy (non-hydrogen) atoms. The number of allylic oxidation sites excluding steroid dienone is 1. The minimum absolute atomic E-state index is 0. The molecule has 0 aromatic carbocycles. The molecule has 366 valence electrons. The van der Waals surface area contributed by atoms with E-state index in [0.29, 0.717) is 93.7 Å². The predicted molar refractivity (Wildman–Crippen MR) is 255 cm³/mol. The zero-order chi connectivity index (χ0) is 45.0. The van der Waals surface area contributed by atoms with Crippen LogP contribution in [0.4, 0.5) is 4.79 Å². The highest BCUT2D eigenvalue weighted by Gasteiger charge is 2.59. The monoisotopic (exact) mass is 917 g/mol. The number of amides is 2. The molecule has 0 spiro atoms. The van der Waals surface area contributed by atoms with Gasteiger partial charge in [0.25, 0.3) is 0 Å². The second-order valence-corrected chi connectivity index (χ2v) is 22.5. The van der Waals surface area contributed by atoms with Crippen LogP contribution in [-0.2, 0) is 33.3 Å². The number of Topliss-reactive ketones (excluding diaryl/α,β-unsaturated/α-hetero) is 2. The van der Waals surface area contributed by atoms with Crippen LogP contribution in [-0.4, -0.2) is 104 Å². The molecule has 2 heterocycles. The van der Waals surface area contributed by atoms with Crippen LogP contribution in [0.1, 0.15) is 170 Å². The van der Waals surface area contributed by atoms with Crippen molar-refractivity contribution >= 4 is 35.3 Å². The predicted octanol–water partition coefficient (Wildman–Crippen LogP) is 9.80. The smallest absolute Gasteiger partial charge is 0.315 e. The van der Waals surface area contributed by atoms with Crippen molar-refractivity contribution < 1.29 is 43.2 Å². The number of ketones is 2. The van der Waals surface area contributed by atoms with E-state index < -0.39 is 0 Å². The zero-order valence-electron chi connectivity index (χ0n) is 39.6. The maximum absolute atomic E-state index is 12.9. The van der Waals surface area contributed by atoms with Crippen molar-refractivity contribution in [1.29, 1.82) is 0 Å². The topological polar surface area (TPSA) is 149 Å². The Kier molecular flexibility index (Phi) is 21.0. The molecule has 5 fully saturated rings. The van der Waals surface area contributed by atoms with Gasteiger partial charge < -0.3 is 34.7 Å². The summed E-state index contributed by atoms with van der Waals surface area (Å²) in [6, 6.07) is 0.425. The average Bonchev–Trinajstić information content (AvgIpc) is 3.93. The molecule has 12 atom stereocenters. The van der Waals surface area contributed by atoms with E-state index in [1.807, 2.05) is 11.8 Å². The van der Waals surface area contributed by atoms with Gasteiger partial charge in [0.2, 0.25) is 0 Å². The number of hydrogen-bond acceptors (Lipinski definition) is 10. The molecule has 6 aliphatic rings. The van der Waals surface area contributed by atoms with E-state index in [-0.39, 0.29) is 73.5 Å². The van der Waals surface area contributed by atoms with Crippen LogP contribution in [0.15, 0.2) is 11.6 Å². The summed E-state index contributed by atoms with van der Waals surface area (Å²) in [5.74, 6) is 5.03. The summed E-state index contributed by atoms with van der Waals surface area (Å²) in [5.41, 5.74) is 2.10. The van der Waals surface area contributed by atoms with Crippen molar-refractivity contribution in [3.63, 3.8) is 0 Å². The first-order chi connectivity index (χ1) is 30.3. The van der Waals surface area contributed by atoms with E-state index in [1.54, 1.807) is 0 Å². The van der Waals surface area contributed by atoms with Crippen molar-refractivity contribution in [1.82, 2.24) is 10.6 Å². The van der Waals surface area contributed by atoms with Crippen LogP contribution in [0.25, 0.3) is 0 Å². The Labute approximate surface area is 391 Å². The first-order valence-corrected chi connectivity index (χ1v) is 26.4. The molecule has 2 saturated heterocycles. The Morgan fingerprint density at radius 1 is 0.797 bits per heavy atom. The Morgan fingerprint density at radius 2 is 1.47 bits per heavy atom. The largest absolute Gasteiger partial charge is 0.462 e. The summed E-state index contributed by atoms with van der Waals surface area (Å²) < 4.78 is 22.8. The van der Waals surface area contributed by atoms with Crippen molar-refractivity contribution in [2.75, 3.05) is 45.4 Å². The molecule has 4 unspecified atom stereocenters. The molecular formula is C52H88N2O9S. The molecule has 0 radical (unpaired) electrons. The quantitative estimate of drug-likeness (QED) is 0.0300. The highest BCUT2D eigenvalue weighted by atomic mass is 32.2. The fraction of sp³-hybridized carbons (Fsp3) is 0.885. The second-order valence-electron chi connectivity index (χ2n) is 21.2. The fourth-order valence-electron chi connectivity index (χ4n) is 13.0. The average molecular weight is 917 g/mol. The first kappa shape index (κ1) is 53.0. The van der Waals surface area contributed by atoms with Crippen LogP contribution >= 0.6 is 11.8 Å². The summed E-state index contributed by atoms with van der Waals surface area (Å²) >= 11 is 1.92.